The van der Waals surface area contributed by atoms with Crippen LogP contribution in [0.3, 0.4) is 0 Å². The van der Waals surface area contributed by atoms with Gasteiger partial charge in [-0.05, 0) is 27.2 Å². The summed E-state index contributed by atoms with van der Waals surface area (Å²) in [4.78, 5) is 0. The molecule has 2 saturated carbocycles. The molecule has 0 aromatic rings. The number of hydrogen-bond donors (Lipinski definition) is 0. The fraction of sp³-hybridized carbons (Fsp3) is 1.00. The summed E-state index contributed by atoms with van der Waals surface area (Å²) in [5.41, 5.74) is -13.1. The van der Waals surface area contributed by atoms with Crippen molar-refractivity contribution < 1.29 is 35.1 Å². The van der Waals surface area contributed by atoms with Crippen molar-refractivity contribution in [3.05, 3.63) is 0 Å². The molecule has 22 heavy (non-hydrogen) atoms. The Balaban J connectivity index is 2.85. The lowest BCUT2D eigenvalue weighted by Crippen LogP contribution is -2.81. The molecule has 0 spiro atoms. The van der Waals surface area contributed by atoms with Crippen LogP contribution < -0.4 is 0 Å². The molecule has 0 nitrogen and oxygen atoms in total. The second-order valence-corrected chi connectivity index (χ2v) is 7.63. The predicted molar refractivity (Wildman–Crippen MR) is 63.9 cm³/mol. The number of hydrogen-bond acceptors (Lipinski definition) is 0. The zero-order valence-corrected chi connectivity index (χ0v) is 12.6. The summed E-state index contributed by atoms with van der Waals surface area (Å²) in [7, 11) is 0. The first-order valence-corrected chi connectivity index (χ1v) is 6.86. The van der Waals surface area contributed by atoms with Crippen molar-refractivity contribution in [2.45, 2.75) is 64.0 Å². The second kappa shape index (κ2) is 3.91. The molecule has 2 aliphatic rings. The Morgan fingerprint density at radius 3 is 1.45 bits per heavy atom. The van der Waals surface area contributed by atoms with Crippen molar-refractivity contribution in [1.82, 2.24) is 0 Å². The third-order valence-electron chi connectivity index (χ3n) is 5.91. The van der Waals surface area contributed by atoms with Crippen molar-refractivity contribution >= 4 is 0 Å². The SMILES string of the molecule is CC1(F)CC2(C)C(F)(F)C(C)(CF)CC(C)(C1(F)F)C2(F)F. The molecule has 130 valence electrons. The van der Waals surface area contributed by atoms with E-state index < -0.39 is 59.2 Å². The summed E-state index contributed by atoms with van der Waals surface area (Å²) in [6.45, 7) is 0.0275. The average molecular weight is 338 g/mol. The summed E-state index contributed by atoms with van der Waals surface area (Å²) in [6.07, 6.45) is -3.27. The lowest BCUT2D eigenvalue weighted by atomic mass is 9.42. The van der Waals surface area contributed by atoms with Gasteiger partial charge < -0.3 is 0 Å². The molecule has 4 unspecified atom stereocenters. The molecule has 2 rings (SSSR count). The highest BCUT2D eigenvalue weighted by atomic mass is 19.3. The van der Waals surface area contributed by atoms with Gasteiger partial charge in [0.05, 0.1) is 16.2 Å². The molecule has 8 heteroatoms. The molecule has 0 aromatic heterocycles. The number of fused-ring (bicyclic) bond motifs is 2. The molecule has 0 saturated heterocycles. The number of alkyl halides is 8. The Bertz CT molecular complexity index is 493. The van der Waals surface area contributed by atoms with Gasteiger partial charge in [-0.2, -0.15) is 0 Å². The maximum atomic E-state index is 14.6. The zero-order valence-electron chi connectivity index (χ0n) is 12.6. The van der Waals surface area contributed by atoms with Crippen LogP contribution in [0.25, 0.3) is 0 Å². The van der Waals surface area contributed by atoms with E-state index in [1.165, 1.54) is 0 Å². The van der Waals surface area contributed by atoms with Crippen molar-refractivity contribution in [1.29, 1.82) is 0 Å². The summed E-state index contributed by atoms with van der Waals surface area (Å²) < 4.78 is 115. The van der Waals surface area contributed by atoms with Crippen LogP contribution in [-0.2, 0) is 0 Å². The molecule has 0 amide bonds. The van der Waals surface area contributed by atoms with E-state index in [9.17, 15) is 35.1 Å². The van der Waals surface area contributed by atoms with Crippen LogP contribution in [0.4, 0.5) is 35.1 Å². The highest BCUT2D eigenvalue weighted by molar-refractivity contribution is 5.27. The summed E-state index contributed by atoms with van der Waals surface area (Å²) in [5.74, 6) is -13.5. The van der Waals surface area contributed by atoms with Crippen LogP contribution in [0.2, 0.25) is 0 Å². The largest absolute Gasteiger partial charge is 0.292 e. The molecular weight excluding hydrogens is 320 g/mol. The van der Waals surface area contributed by atoms with E-state index in [1.807, 2.05) is 0 Å². The number of rotatable bonds is 1. The lowest BCUT2D eigenvalue weighted by Gasteiger charge is -2.67. The van der Waals surface area contributed by atoms with Crippen LogP contribution >= 0.6 is 0 Å². The molecule has 2 fully saturated rings. The van der Waals surface area contributed by atoms with Gasteiger partial charge in [-0.1, -0.05) is 6.92 Å². The molecule has 0 heterocycles. The second-order valence-electron chi connectivity index (χ2n) is 7.63. The molecule has 0 radical (unpaired) electrons. The maximum Gasteiger partial charge on any atom is 0.292 e. The molecule has 0 N–H and O–H groups in total. The average Bonchev–Trinajstić information content (AvgIpc) is 2.34. The van der Waals surface area contributed by atoms with Crippen LogP contribution in [-0.4, -0.2) is 30.1 Å². The van der Waals surface area contributed by atoms with Crippen LogP contribution in [0.15, 0.2) is 0 Å². The smallest absolute Gasteiger partial charge is 0.250 e. The predicted octanol–water partition coefficient (Wildman–Crippen LogP) is 5.42. The monoisotopic (exact) mass is 338 g/mol. The minimum absolute atomic E-state index is 0.354. The fourth-order valence-corrected chi connectivity index (χ4v) is 4.49. The number of halogens is 8. The summed E-state index contributed by atoms with van der Waals surface area (Å²) >= 11 is 0. The molecule has 4 atom stereocenters. The van der Waals surface area contributed by atoms with E-state index >= 15 is 0 Å². The molecule has 0 aromatic carbocycles. The normalized spacial score (nSPS) is 52.4. The van der Waals surface area contributed by atoms with E-state index in [-0.39, 0.29) is 0 Å². The van der Waals surface area contributed by atoms with Gasteiger partial charge in [-0.25, -0.2) is 30.7 Å². The van der Waals surface area contributed by atoms with Crippen LogP contribution in [0, 0.1) is 16.2 Å². The minimum Gasteiger partial charge on any atom is -0.250 e. The lowest BCUT2D eigenvalue weighted by molar-refractivity contribution is -0.437. The maximum absolute atomic E-state index is 14.6. The zero-order chi connectivity index (χ0) is 17.6. The summed E-state index contributed by atoms with van der Waals surface area (Å²) in [5, 5.41) is 0. The van der Waals surface area contributed by atoms with Gasteiger partial charge >= 0.3 is 0 Å². The first-order valence-electron chi connectivity index (χ1n) is 6.86. The molecule has 0 aliphatic heterocycles. The Labute approximate surface area is 123 Å². The third-order valence-corrected chi connectivity index (χ3v) is 5.91. The first kappa shape index (κ1) is 17.8. The van der Waals surface area contributed by atoms with Gasteiger partial charge in [-0.3, -0.25) is 4.39 Å². The fourth-order valence-electron chi connectivity index (χ4n) is 4.49. The van der Waals surface area contributed by atoms with E-state index in [2.05, 4.69) is 0 Å². The van der Waals surface area contributed by atoms with Crippen molar-refractivity contribution in [3.8, 4) is 0 Å². The van der Waals surface area contributed by atoms with E-state index in [1.54, 1.807) is 0 Å². The highest BCUT2D eigenvalue weighted by Gasteiger charge is 2.91. The van der Waals surface area contributed by atoms with Gasteiger partial charge in [0.25, 0.3) is 17.8 Å². The van der Waals surface area contributed by atoms with Crippen LogP contribution in [0.1, 0.15) is 40.5 Å². The third kappa shape index (κ3) is 1.41. The Kier molecular flexibility index (Phi) is 3.16. The quantitative estimate of drug-likeness (QED) is 0.560. The van der Waals surface area contributed by atoms with E-state index in [4.69, 9.17) is 0 Å². The van der Waals surface area contributed by atoms with Crippen LogP contribution in [0.5, 0.6) is 0 Å². The van der Waals surface area contributed by atoms with Gasteiger partial charge in [0, 0.05) is 6.42 Å². The standard InChI is InChI=1S/C14H18F8/c1-8(7-15)5-9(2)13(19,20)10(3,12(8,17)18)6-11(4,16)14(9,21)22/h5-7H2,1-4H3. The molecular formula is C14H18F8. The van der Waals surface area contributed by atoms with Gasteiger partial charge in [0.15, 0.2) is 5.67 Å². The molecule has 2 aliphatic carbocycles. The molecule has 2 bridgehead atoms. The topological polar surface area (TPSA) is 0 Å². The van der Waals surface area contributed by atoms with E-state index in [0.29, 0.717) is 27.7 Å². The highest BCUT2D eigenvalue weighted by Crippen LogP contribution is 2.78. The van der Waals surface area contributed by atoms with Gasteiger partial charge in [0.1, 0.15) is 6.67 Å². The Morgan fingerprint density at radius 2 is 1.05 bits per heavy atom. The van der Waals surface area contributed by atoms with Crippen molar-refractivity contribution in [2.75, 3.05) is 6.67 Å². The minimum atomic E-state index is -4.57. The Hall–Kier alpha value is -0.560. The Morgan fingerprint density at radius 1 is 0.636 bits per heavy atom. The summed E-state index contributed by atoms with van der Waals surface area (Å²) in [6, 6.07) is 0. The van der Waals surface area contributed by atoms with Gasteiger partial charge in [0.2, 0.25) is 0 Å². The van der Waals surface area contributed by atoms with Crippen molar-refractivity contribution in [3.63, 3.8) is 0 Å². The first-order chi connectivity index (χ1) is 9.47. The van der Waals surface area contributed by atoms with Crippen molar-refractivity contribution in [2.24, 2.45) is 16.2 Å². The van der Waals surface area contributed by atoms with E-state index in [0.717, 1.165) is 0 Å². The van der Waals surface area contributed by atoms with Gasteiger partial charge in [-0.15, -0.1) is 0 Å².